The predicted molar refractivity (Wildman–Crippen MR) is 123 cm³/mol. The van der Waals surface area contributed by atoms with Crippen LogP contribution in [0.1, 0.15) is 41.7 Å². The van der Waals surface area contributed by atoms with Crippen molar-refractivity contribution in [2.75, 3.05) is 12.3 Å². The average molecular weight is 494 g/mol. The normalized spacial score (nSPS) is 16.1. The highest BCUT2D eigenvalue weighted by Crippen LogP contribution is 2.36. The van der Waals surface area contributed by atoms with Crippen LogP contribution < -0.4 is 10.9 Å². The molecular weight excluding hydrogens is 471 g/mol. The maximum atomic E-state index is 13.6. The Morgan fingerprint density at radius 1 is 1.24 bits per heavy atom. The summed E-state index contributed by atoms with van der Waals surface area (Å²) in [5, 5.41) is 3.60. The molecule has 0 aliphatic heterocycles. The summed E-state index contributed by atoms with van der Waals surface area (Å²) in [5.41, 5.74) is -0.142. The van der Waals surface area contributed by atoms with Gasteiger partial charge in [0.2, 0.25) is 5.91 Å². The molecule has 0 unspecified atom stereocenters. The molecule has 0 bridgehead atoms. The summed E-state index contributed by atoms with van der Waals surface area (Å²) in [6.45, 7) is 0.629. The van der Waals surface area contributed by atoms with Gasteiger partial charge in [0.1, 0.15) is 4.83 Å². The SMILES string of the molecule is O=C(CSc1nc2sc3c(c2c(=O)n1-c1cccc(C(F)(F)F)c1)CCCC3)NCC1CC1. The van der Waals surface area contributed by atoms with Crippen molar-refractivity contribution >= 4 is 39.2 Å². The molecule has 2 aromatic heterocycles. The summed E-state index contributed by atoms with van der Waals surface area (Å²) in [4.78, 5) is 32.3. The summed E-state index contributed by atoms with van der Waals surface area (Å²) < 4.78 is 41.3. The van der Waals surface area contributed by atoms with Gasteiger partial charge in [0.15, 0.2) is 5.16 Å². The quantitative estimate of drug-likeness (QED) is 0.389. The Morgan fingerprint density at radius 3 is 2.79 bits per heavy atom. The highest BCUT2D eigenvalue weighted by Gasteiger charge is 2.31. The Morgan fingerprint density at radius 2 is 2.03 bits per heavy atom. The van der Waals surface area contributed by atoms with Gasteiger partial charge in [-0.1, -0.05) is 17.8 Å². The molecule has 5 nitrogen and oxygen atoms in total. The van der Waals surface area contributed by atoms with Crippen molar-refractivity contribution in [3.63, 3.8) is 0 Å². The molecule has 0 radical (unpaired) electrons. The lowest BCUT2D eigenvalue weighted by Crippen LogP contribution is -2.28. The van der Waals surface area contributed by atoms with Crippen molar-refractivity contribution in [3.8, 4) is 5.69 Å². The molecule has 2 aliphatic rings. The number of benzene rings is 1. The van der Waals surface area contributed by atoms with Gasteiger partial charge in [-0.05, 0) is 68.2 Å². The zero-order chi connectivity index (χ0) is 23.2. The van der Waals surface area contributed by atoms with E-state index in [1.54, 1.807) is 0 Å². The zero-order valence-corrected chi connectivity index (χ0v) is 19.3. The van der Waals surface area contributed by atoms with Gasteiger partial charge < -0.3 is 5.32 Å². The van der Waals surface area contributed by atoms with Crippen LogP contribution in [-0.4, -0.2) is 27.8 Å². The minimum Gasteiger partial charge on any atom is -0.355 e. The van der Waals surface area contributed by atoms with Crippen molar-refractivity contribution < 1.29 is 18.0 Å². The van der Waals surface area contributed by atoms with E-state index in [9.17, 15) is 22.8 Å². The number of nitrogens with zero attached hydrogens (tertiary/aromatic N) is 2. The molecule has 3 aromatic rings. The molecule has 1 amide bonds. The van der Waals surface area contributed by atoms with Crippen molar-refractivity contribution in [2.24, 2.45) is 5.92 Å². The van der Waals surface area contributed by atoms with Gasteiger partial charge in [-0.25, -0.2) is 4.98 Å². The van der Waals surface area contributed by atoms with E-state index in [4.69, 9.17) is 0 Å². The number of amides is 1. The van der Waals surface area contributed by atoms with Gasteiger partial charge in [-0.2, -0.15) is 13.2 Å². The van der Waals surface area contributed by atoms with E-state index in [0.29, 0.717) is 22.7 Å². The first-order valence-electron chi connectivity index (χ1n) is 11.0. The molecule has 1 N–H and O–H groups in total. The minimum absolute atomic E-state index is 0.0364. The fraction of sp³-hybridized carbons (Fsp3) is 0.435. The molecule has 0 atom stereocenters. The van der Waals surface area contributed by atoms with E-state index in [2.05, 4.69) is 10.3 Å². The second kappa shape index (κ2) is 8.79. The Bertz CT molecular complexity index is 1280. The molecule has 2 heterocycles. The standard InChI is InChI=1S/C23H22F3N3O2S2/c24-23(25,26)14-4-3-5-15(10-14)29-21(31)19-16-6-1-2-7-17(16)33-20(19)28-22(29)32-12-18(30)27-11-13-8-9-13/h3-5,10,13H,1-2,6-9,11-12H2,(H,27,30). The second-order valence-electron chi connectivity index (χ2n) is 8.51. The number of carbonyl (C=O) groups excluding carboxylic acids is 1. The molecule has 0 saturated heterocycles. The average Bonchev–Trinajstić information content (AvgIpc) is 3.54. The number of alkyl halides is 3. The van der Waals surface area contributed by atoms with E-state index in [-0.39, 0.29) is 28.1 Å². The van der Waals surface area contributed by atoms with Crippen LogP contribution in [0.2, 0.25) is 0 Å². The lowest BCUT2D eigenvalue weighted by Gasteiger charge is -2.15. The number of nitrogens with one attached hydrogen (secondary N) is 1. The molecule has 5 rings (SSSR count). The molecule has 1 fully saturated rings. The molecule has 10 heteroatoms. The summed E-state index contributed by atoms with van der Waals surface area (Å²) >= 11 is 2.55. The number of rotatable bonds is 6. The van der Waals surface area contributed by atoms with Crippen LogP contribution in [0.3, 0.4) is 0 Å². The number of aromatic nitrogens is 2. The first-order chi connectivity index (χ1) is 15.8. The molecule has 1 saturated carbocycles. The minimum atomic E-state index is -4.53. The smallest absolute Gasteiger partial charge is 0.355 e. The predicted octanol–water partition coefficient (Wildman–Crippen LogP) is 4.96. The van der Waals surface area contributed by atoms with Crippen molar-refractivity contribution in [2.45, 2.75) is 49.9 Å². The summed E-state index contributed by atoms with van der Waals surface area (Å²) in [6.07, 6.45) is 1.36. The summed E-state index contributed by atoms with van der Waals surface area (Å²) in [5.74, 6) is 0.394. The second-order valence-corrected chi connectivity index (χ2v) is 10.5. The molecule has 2 aliphatic carbocycles. The summed E-state index contributed by atoms with van der Waals surface area (Å²) in [6, 6.07) is 4.70. The van der Waals surface area contributed by atoms with Crippen LogP contribution in [0.5, 0.6) is 0 Å². The molecule has 33 heavy (non-hydrogen) atoms. The lowest BCUT2D eigenvalue weighted by atomic mass is 9.97. The number of thioether (sulfide) groups is 1. The van der Waals surface area contributed by atoms with Crippen LogP contribution in [0.15, 0.2) is 34.2 Å². The highest BCUT2D eigenvalue weighted by molar-refractivity contribution is 7.99. The van der Waals surface area contributed by atoms with Gasteiger partial charge in [-0.3, -0.25) is 14.2 Å². The molecule has 1 aromatic carbocycles. The van der Waals surface area contributed by atoms with E-state index in [1.165, 1.54) is 28.0 Å². The third-order valence-corrected chi connectivity index (χ3v) is 8.13. The van der Waals surface area contributed by atoms with E-state index in [1.807, 2.05) is 0 Å². The number of carbonyl (C=O) groups is 1. The van der Waals surface area contributed by atoms with E-state index in [0.717, 1.165) is 72.9 Å². The van der Waals surface area contributed by atoms with Gasteiger partial charge in [0, 0.05) is 11.4 Å². The van der Waals surface area contributed by atoms with Crippen LogP contribution >= 0.6 is 23.1 Å². The van der Waals surface area contributed by atoms with Gasteiger partial charge in [-0.15, -0.1) is 11.3 Å². The fourth-order valence-electron chi connectivity index (χ4n) is 4.09. The first-order valence-corrected chi connectivity index (χ1v) is 12.8. The molecular formula is C23H22F3N3O2S2. The topological polar surface area (TPSA) is 64.0 Å². The van der Waals surface area contributed by atoms with Gasteiger partial charge in [0.25, 0.3) is 5.56 Å². The first kappa shape index (κ1) is 22.5. The van der Waals surface area contributed by atoms with Crippen molar-refractivity contribution in [1.29, 1.82) is 0 Å². The van der Waals surface area contributed by atoms with Crippen molar-refractivity contribution in [1.82, 2.24) is 14.9 Å². The van der Waals surface area contributed by atoms with Crippen LogP contribution in [-0.2, 0) is 23.8 Å². The van der Waals surface area contributed by atoms with E-state index >= 15 is 0 Å². The number of aryl methyl sites for hydroxylation is 2. The summed E-state index contributed by atoms with van der Waals surface area (Å²) in [7, 11) is 0. The van der Waals surface area contributed by atoms with Crippen LogP contribution in [0, 0.1) is 5.92 Å². The molecule has 174 valence electrons. The number of hydrogen-bond acceptors (Lipinski definition) is 5. The Labute approximate surface area is 196 Å². The highest BCUT2D eigenvalue weighted by atomic mass is 32.2. The zero-order valence-electron chi connectivity index (χ0n) is 17.7. The molecule has 0 spiro atoms. The van der Waals surface area contributed by atoms with E-state index < -0.39 is 11.7 Å². The van der Waals surface area contributed by atoms with Gasteiger partial charge >= 0.3 is 6.18 Å². The number of hydrogen-bond donors (Lipinski definition) is 1. The number of thiophene rings is 1. The lowest BCUT2D eigenvalue weighted by molar-refractivity contribution is -0.137. The Balaban J connectivity index is 1.58. The Kier molecular flexibility index (Phi) is 5.98. The largest absolute Gasteiger partial charge is 0.416 e. The number of halogens is 3. The van der Waals surface area contributed by atoms with Crippen LogP contribution in [0.25, 0.3) is 15.9 Å². The van der Waals surface area contributed by atoms with Gasteiger partial charge in [0.05, 0.1) is 22.4 Å². The maximum Gasteiger partial charge on any atom is 0.416 e. The maximum absolute atomic E-state index is 13.6. The van der Waals surface area contributed by atoms with Crippen molar-refractivity contribution in [3.05, 3.63) is 50.6 Å². The monoisotopic (exact) mass is 493 g/mol. The third-order valence-electron chi connectivity index (χ3n) is 6.01. The number of fused-ring (bicyclic) bond motifs is 3. The third kappa shape index (κ3) is 4.68. The fourth-order valence-corrected chi connectivity index (χ4v) is 6.24. The van der Waals surface area contributed by atoms with Crippen LogP contribution in [0.4, 0.5) is 13.2 Å². The Hall–Kier alpha value is -2.33.